The topological polar surface area (TPSA) is 71.8 Å². The molecule has 1 N–H and O–H groups in total. The smallest absolute Gasteiger partial charge is 0.220 e. The van der Waals surface area contributed by atoms with E-state index in [-0.39, 0.29) is 5.91 Å². The van der Waals surface area contributed by atoms with Crippen LogP contribution >= 0.6 is 0 Å². The van der Waals surface area contributed by atoms with Crippen molar-refractivity contribution in [3.8, 4) is 0 Å². The predicted octanol–water partition coefficient (Wildman–Crippen LogP) is 1.28. The number of carbonyl (C=O) groups excluding carboxylic acids is 1. The van der Waals surface area contributed by atoms with Gasteiger partial charge in [0.2, 0.25) is 5.91 Å². The summed E-state index contributed by atoms with van der Waals surface area (Å²) in [7, 11) is 0. The van der Waals surface area contributed by atoms with Crippen LogP contribution in [0, 0.1) is 0 Å². The van der Waals surface area contributed by atoms with Crippen LogP contribution in [0.4, 0.5) is 0 Å². The second-order valence-corrected chi connectivity index (χ2v) is 6.53. The van der Waals surface area contributed by atoms with Crippen LogP contribution in [0.3, 0.4) is 0 Å². The van der Waals surface area contributed by atoms with E-state index in [1.807, 2.05) is 28.8 Å². The quantitative estimate of drug-likeness (QED) is 0.730. The van der Waals surface area contributed by atoms with E-state index >= 15 is 0 Å². The van der Waals surface area contributed by atoms with Crippen molar-refractivity contribution in [1.82, 2.24) is 24.8 Å². The first-order valence-corrected chi connectivity index (χ1v) is 9.11. The summed E-state index contributed by atoms with van der Waals surface area (Å²) in [4.78, 5) is 14.4. The van der Waals surface area contributed by atoms with Gasteiger partial charge in [-0.2, -0.15) is 0 Å². The fourth-order valence-electron chi connectivity index (χ4n) is 3.16. The van der Waals surface area contributed by atoms with Crippen molar-refractivity contribution in [2.45, 2.75) is 38.6 Å². The molecule has 0 spiro atoms. The highest BCUT2D eigenvalue weighted by Gasteiger charge is 2.17. The standard InChI is InChI=1S/C18H27N5O2/c1-15(22-11-13-25-14-12-22)7-8-18(24)19-9-4-6-17-21-20-16-5-2-3-10-23(16)17/h2-3,5,10,15H,4,6-9,11-14H2,1H3,(H,19,24)/t15-/m1/s1. The molecule has 7 nitrogen and oxygen atoms in total. The molecule has 7 heteroatoms. The molecule has 1 amide bonds. The van der Waals surface area contributed by atoms with Crippen molar-refractivity contribution in [1.29, 1.82) is 0 Å². The Bertz CT molecular complexity index is 681. The van der Waals surface area contributed by atoms with E-state index < -0.39 is 0 Å². The maximum atomic E-state index is 12.0. The zero-order valence-electron chi connectivity index (χ0n) is 14.9. The number of fused-ring (bicyclic) bond motifs is 1. The van der Waals surface area contributed by atoms with Gasteiger partial charge in [-0.1, -0.05) is 6.07 Å². The van der Waals surface area contributed by atoms with Crippen molar-refractivity contribution in [3.05, 3.63) is 30.2 Å². The molecule has 1 aliphatic rings. The van der Waals surface area contributed by atoms with E-state index in [0.29, 0.717) is 19.0 Å². The Morgan fingerprint density at radius 3 is 3.00 bits per heavy atom. The Labute approximate surface area is 148 Å². The molecule has 2 aromatic rings. The molecule has 0 aromatic carbocycles. The lowest BCUT2D eigenvalue weighted by Crippen LogP contribution is -2.42. The van der Waals surface area contributed by atoms with E-state index in [4.69, 9.17) is 4.74 Å². The van der Waals surface area contributed by atoms with Crippen molar-refractivity contribution in [2.75, 3.05) is 32.8 Å². The lowest BCUT2D eigenvalue weighted by molar-refractivity contribution is -0.121. The molecule has 136 valence electrons. The fraction of sp³-hybridized carbons (Fsp3) is 0.611. The Morgan fingerprint density at radius 1 is 1.32 bits per heavy atom. The van der Waals surface area contributed by atoms with Crippen LogP contribution < -0.4 is 5.32 Å². The van der Waals surface area contributed by atoms with Crippen molar-refractivity contribution in [2.24, 2.45) is 0 Å². The normalized spacial score (nSPS) is 16.8. The molecule has 25 heavy (non-hydrogen) atoms. The number of hydrogen-bond acceptors (Lipinski definition) is 5. The zero-order chi connectivity index (χ0) is 17.5. The van der Waals surface area contributed by atoms with Gasteiger partial charge in [-0.25, -0.2) is 0 Å². The van der Waals surface area contributed by atoms with Crippen LogP contribution in [-0.4, -0.2) is 64.3 Å². The van der Waals surface area contributed by atoms with Gasteiger partial charge >= 0.3 is 0 Å². The van der Waals surface area contributed by atoms with E-state index in [1.54, 1.807) is 0 Å². The number of aryl methyl sites for hydroxylation is 1. The molecule has 0 unspecified atom stereocenters. The van der Waals surface area contributed by atoms with Gasteiger partial charge in [0, 0.05) is 44.7 Å². The Hall–Kier alpha value is -1.99. The van der Waals surface area contributed by atoms with Crippen molar-refractivity contribution < 1.29 is 9.53 Å². The summed E-state index contributed by atoms with van der Waals surface area (Å²) in [5, 5.41) is 11.4. The minimum atomic E-state index is 0.131. The number of pyridine rings is 1. The third-order valence-electron chi connectivity index (χ3n) is 4.74. The number of rotatable bonds is 8. The first kappa shape index (κ1) is 17.8. The molecule has 1 fully saturated rings. The predicted molar refractivity (Wildman–Crippen MR) is 95.4 cm³/mol. The van der Waals surface area contributed by atoms with Gasteiger partial charge in [0.1, 0.15) is 5.82 Å². The van der Waals surface area contributed by atoms with Gasteiger partial charge in [0.25, 0.3) is 0 Å². The highest BCUT2D eigenvalue weighted by molar-refractivity contribution is 5.75. The van der Waals surface area contributed by atoms with E-state index in [0.717, 1.165) is 57.0 Å². The second-order valence-electron chi connectivity index (χ2n) is 6.53. The molecule has 3 heterocycles. The summed E-state index contributed by atoms with van der Waals surface area (Å²) >= 11 is 0. The largest absolute Gasteiger partial charge is 0.379 e. The molecule has 0 saturated carbocycles. The Morgan fingerprint density at radius 2 is 2.16 bits per heavy atom. The summed E-state index contributed by atoms with van der Waals surface area (Å²) < 4.78 is 7.36. The number of amides is 1. The molecule has 1 aliphatic heterocycles. The highest BCUT2D eigenvalue weighted by atomic mass is 16.5. The number of nitrogens with zero attached hydrogens (tertiary/aromatic N) is 4. The lowest BCUT2D eigenvalue weighted by Gasteiger charge is -2.32. The van der Waals surface area contributed by atoms with Gasteiger partial charge < -0.3 is 10.1 Å². The zero-order valence-corrected chi connectivity index (χ0v) is 14.9. The number of ether oxygens (including phenoxy) is 1. The SMILES string of the molecule is C[C@H](CCC(=O)NCCCc1nnc2ccccn12)N1CCOCC1. The Kier molecular flexibility index (Phi) is 6.36. The maximum absolute atomic E-state index is 12.0. The third-order valence-corrected chi connectivity index (χ3v) is 4.74. The van der Waals surface area contributed by atoms with E-state index in [2.05, 4.69) is 27.3 Å². The average molecular weight is 345 g/mol. The molecule has 1 atom stereocenters. The number of nitrogens with one attached hydrogen (secondary N) is 1. The van der Waals surface area contributed by atoms with Crippen LogP contribution in [0.15, 0.2) is 24.4 Å². The van der Waals surface area contributed by atoms with Crippen molar-refractivity contribution >= 4 is 11.6 Å². The van der Waals surface area contributed by atoms with Crippen LogP contribution in [0.2, 0.25) is 0 Å². The molecular formula is C18H27N5O2. The average Bonchev–Trinajstić information content (AvgIpc) is 3.07. The summed E-state index contributed by atoms with van der Waals surface area (Å²) in [5.74, 6) is 1.07. The van der Waals surface area contributed by atoms with Gasteiger partial charge in [-0.05, 0) is 31.9 Å². The number of carbonyl (C=O) groups is 1. The number of morpholine rings is 1. The van der Waals surface area contributed by atoms with Crippen molar-refractivity contribution in [3.63, 3.8) is 0 Å². The highest BCUT2D eigenvalue weighted by Crippen LogP contribution is 2.09. The van der Waals surface area contributed by atoms with Crippen LogP contribution in [0.25, 0.3) is 5.65 Å². The summed E-state index contributed by atoms with van der Waals surface area (Å²) in [6, 6.07) is 6.29. The van der Waals surface area contributed by atoms with Gasteiger partial charge in [0.05, 0.1) is 13.2 Å². The summed E-state index contributed by atoms with van der Waals surface area (Å²) in [5.41, 5.74) is 0.860. The van der Waals surface area contributed by atoms with Gasteiger partial charge in [0.15, 0.2) is 5.65 Å². The summed E-state index contributed by atoms with van der Waals surface area (Å²) in [6.45, 7) is 6.40. The fourth-order valence-corrected chi connectivity index (χ4v) is 3.16. The third kappa shape index (κ3) is 4.99. The van der Waals surface area contributed by atoms with Crippen LogP contribution in [-0.2, 0) is 16.0 Å². The maximum Gasteiger partial charge on any atom is 0.220 e. The number of hydrogen-bond donors (Lipinski definition) is 1. The van der Waals surface area contributed by atoms with Gasteiger partial charge in [-0.15, -0.1) is 10.2 Å². The molecule has 2 aromatic heterocycles. The Balaban J connectivity index is 1.32. The van der Waals surface area contributed by atoms with E-state index in [1.165, 1.54) is 0 Å². The first-order chi connectivity index (χ1) is 12.2. The van der Waals surface area contributed by atoms with Gasteiger partial charge in [-0.3, -0.25) is 14.1 Å². The molecule has 0 bridgehead atoms. The molecule has 0 aliphatic carbocycles. The minimum absolute atomic E-state index is 0.131. The molecule has 3 rings (SSSR count). The minimum Gasteiger partial charge on any atom is -0.379 e. The monoisotopic (exact) mass is 345 g/mol. The first-order valence-electron chi connectivity index (χ1n) is 9.11. The number of aromatic nitrogens is 3. The van der Waals surface area contributed by atoms with Crippen LogP contribution in [0.5, 0.6) is 0 Å². The lowest BCUT2D eigenvalue weighted by atomic mass is 10.1. The summed E-state index contributed by atoms with van der Waals surface area (Å²) in [6.07, 6.45) is 5.10. The molecule has 0 radical (unpaired) electrons. The second kappa shape index (κ2) is 8.92. The van der Waals surface area contributed by atoms with E-state index in [9.17, 15) is 4.79 Å². The molecule has 1 saturated heterocycles. The van der Waals surface area contributed by atoms with Crippen LogP contribution in [0.1, 0.15) is 32.0 Å². The molecular weight excluding hydrogens is 318 g/mol.